The molecule has 6 nitrogen and oxygen atoms in total. The van der Waals surface area contributed by atoms with Crippen molar-refractivity contribution in [3.63, 3.8) is 0 Å². The summed E-state index contributed by atoms with van der Waals surface area (Å²) in [7, 11) is 0. The van der Waals surface area contributed by atoms with E-state index in [0.29, 0.717) is 23.7 Å². The molecule has 7 heteroatoms. The van der Waals surface area contributed by atoms with E-state index in [4.69, 9.17) is 4.74 Å². The molecular formula is C22H18N4O2S. The van der Waals surface area contributed by atoms with E-state index in [0.717, 1.165) is 16.8 Å². The van der Waals surface area contributed by atoms with Crippen LogP contribution in [0.3, 0.4) is 0 Å². The normalized spacial score (nSPS) is 10.3. The number of amides is 2. The van der Waals surface area contributed by atoms with Gasteiger partial charge >= 0.3 is 6.03 Å². The van der Waals surface area contributed by atoms with Crippen LogP contribution in [-0.2, 0) is 6.54 Å². The van der Waals surface area contributed by atoms with Crippen LogP contribution in [0.25, 0.3) is 11.3 Å². The summed E-state index contributed by atoms with van der Waals surface area (Å²) in [6.07, 6.45) is 0. The highest BCUT2D eigenvalue weighted by Crippen LogP contribution is 2.29. The summed E-state index contributed by atoms with van der Waals surface area (Å²) in [5.74, 6) is 1.28. The zero-order valence-corrected chi connectivity index (χ0v) is 16.2. The van der Waals surface area contributed by atoms with Crippen molar-refractivity contribution in [1.29, 1.82) is 0 Å². The second-order valence-electron chi connectivity index (χ2n) is 6.21. The molecule has 0 unspecified atom stereocenters. The number of anilines is 1. The van der Waals surface area contributed by atoms with Crippen LogP contribution in [0.4, 0.5) is 10.5 Å². The highest BCUT2D eigenvalue weighted by Gasteiger charge is 2.08. The Morgan fingerprint density at radius 2 is 1.69 bits per heavy atom. The Kier molecular flexibility index (Phi) is 5.78. The van der Waals surface area contributed by atoms with Crippen molar-refractivity contribution in [2.75, 3.05) is 5.32 Å². The molecule has 0 aliphatic carbocycles. The fraction of sp³-hybridized carbons (Fsp3) is 0.0455. The van der Waals surface area contributed by atoms with Gasteiger partial charge in [-0.2, -0.15) is 0 Å². The third-order valence-corrected chi connectivity index (χ3v) is 4.67. The predicted molar refractivity (Wildman–Crippen MR) is 114 cm³/mol. The number of para-hydroxylation sites is 3. The average Bonchev–Trinajstić information content (AvgIpc) is 3.30. The molecule has 0 atom stereocenters. The molecule has 0 spiro atoms. The fourth-order valence-electron chi connectivity index (χ4n) is 2.71. The number of carbonyl (C=O) groups is 1. The van der Waals surface area contributed by atoms with Crippen LogP contribution in [0.1, 0.15) is 5.56 Å². The minimum atomic E-state index is -0.304. The molecule has 0 radical (unpaired) electrons. The maximum atomic E-state index is 12.3. The lowest BCUT2D eigenvalue weighted by Crippen LogP contribution is -2.28. The second kappa shape index (κ2) is 8.99. The SMILES string of the molecule is O=C(NCc1ccc(-c2csnn2)cc1)Nc1ccccc1Oc1ccccc1. The molecule has 2 amide bonds. The summed E-state index contributed by atoms with van der Waals surface area (Å²) in [6.45, 7) is 0.406. The third-order valence-electron chi connectivity index (χ3n) is 4.17. The van der Waals surface area contributed by atoms with Gasteiger partial charge in [0.2, 0.25) is 0 Å². The predicted octanol–water partition coefficient (Wildman–Crippen LogP) is 5.32. The summed E-state index contributed by atoms with van der Waals surface area (Å²) in [4.78, 5) is 12.3. The molecule has 0 saturated heterocycles. The van der Waals surface area contributed by atoms with Crippen molar-refractivity contribution in [3.05, 3.63) is 89.8 Å². The summed E-state index contributed by atoms with van der Waals surface area (Å²) < 4.78 is 9.74. The van der Waals surface area contributed by atoms with Gasteiger partial charge in [0.05, 0.1) is 5.69 Å². The maximum Gasteiger partial charge on any atom is 0.319 e. The van der Waals surface area contributed by atoms with E-state index in [1.807, 2.05) is 78.2 Å². The highest BCUT2D eigenvalue weighted by atomic mass is 32.1. The number of hydrogen-bond acceptors (Lipinski definition) is 5. The van der Waals surface area contributed by atoms with Crippen LogP contribution in [0.15, 0.2) is 84.2 Å². The molecule has 3 aromatic carbocycles. The third kappa shape index (κ3) is 4.97. The smallest absolute Gasteiger partial charge is 0.319 e. The first-order valence-corrected chi connectivity index (χ1v) is 9.85. The Balaban J connectivity index is 1.35. The van der Waals surface area contributed by atoms with Crippen LogP contribution < -0.4 is 15.4 Å². The standard InChI is InChI=1S/C22H18N4O2S/c27-22(23-14-16-10-12-17(13-11-16)20-15-29-26-25-20)24-19-8-4-5-9-21(19)28-18-6-2-1-3-7-18/h1-13,15H,14H2,(H2,23,24,27). The molecule has 0 aliphatic heterocycles. The zero-order chi connectivity index (χ0) is 19.9. The number of rotatable bonds is 6. The molecule has 4 rings (SSSR count). The lowest BCUT2D eigenvalue weighted by molar-refractivity contribution is 0.251. The van der Waals surface area contributed by atoms with Crippen molar-refractivity contribution < 1.29 is 9.53 Å². The lowest BCUT2D eigenvalue weighted by atomic mass is 10.1. The summed E-state index contributed by atoms with van der Waals surface area (Å²) >= 11 is 1.32. The summed E-state index contributed by atoms with van der Waals surface area (Å²) in [5, 5.41) is 11.7. The van der Waals surface area contributed by atoms with Crippen molar-refractivity contribution in [2.45, 2.75) is 6.54 Å². The van der Waals surface area contributed by atoms with E-state index < -0.39 is 0 Å². The van der Waals surface area contributed by atoms with Crippen LogP contribution in [-0.4, -0.2) is 15.6 Å². The molecule has 144 valence electrons. The Morgan fingerprint density at radius 1 is 0.931 bits per heavy atom. The van der Waals surface area contributed by atoms with E-state index in [-0.39, 0.29) is 6.03 Å². The van der Waals surface area contributed by atoms with Crippen LogP contribution >= 0.6 is 11.5 Å². The van der Waals surface area contributed by atoms with Gasteiger partial charge in [0, 0.05) is 17.5 Å². The largest absolute Gasteiger partial charge is 0.455 e. The van der Waals surface area contributed by atoms with Gasteiger partial charge in [0.15, 0.2) is 5.75 Å². The average molecular weight is 402 g/mol. The zero-order valence-electron chi connectivity index (χ0n) is 15.4. The topological polar surface area (TPSA) is 76.1 Å². The van der Waals surface area contributed by atoms with E-state index >= 15 is 0 Å². The number of carbonyl (C=O) groups excluding carboxylic acids is 1. The van der Waals surface area contributed by atoms with Crippen LogP contribution in [0, 0.1) is 0 Å². The Bertz CT molecular complexity index is 1070. The number of nitrogens with zero attached hydrogens (tertiary/aromatic N) is 2. The monoisotopic (exact) mass is 402 g/mol. The van der Waals surface area contributed by atoms with Crippen molar-refractivity contribution in [2.24, 2.45) is 0 Å². The quantitative estimate of drug-likeness (QED) is 0.458. The number of urea groups is 1. The van der Waals surface area contributed by atoms with E-state index in [2.05, 4.69) is 20.2 Å². The van der Waals surface area contributed by atoms with E-state index in [9.17, 15) is 4.79 Å². The molecule has 2 N–H and O–H groups in total. The molecule has 1 heterocycles. The number of hydrogen-bond donors (Lipinski definition) is 2. The molecule has 0 aliphatic rings. The first kappa shape index (κ1) is 18.6. The second-order valence-corrected chi connectivity index (χ2v) is 6.82. The molecule has 0 bridgehead atoms. The maximum absolute atomic E-state index is 12.3. The molecule has 4 aromatic rings. The number of nitrogens with one attached hydrogen (secondary N) is 2. The lowest BCUT2D eigenvalue weighted by Gasteiger charge is -2.13. The van der Waals surface area contributed by atoms with Gasteiger partial charge in [-0.05, 0) is 41.4 Å². The molecule has 0 saturated carbocycles. The van der Waals surface area contributed by atoms with Gasteiger partial charge in [-0.15, -0.1) is 5.10 Å². The number of ether oxygens (including phenoxy) is 1. The highest BCUT2D eigenvalue weighted by molar-refractivity contribution is 7.03. The molecule has 29 heavy (non-hydrogen) atoms. The van der Waals surface area contributed by atoms with Gasteiger partial charge in [-0.3, -0.25) is 0 Å². The van der Waals surface area contributed by atoms with Gasteiger partial charge < -0.3 is 15.4 Å². The molecular weight excluding hydrogens is 384 g/mol. The van der Waals surface area contributed by atoms with Gasteiger partial charge in [-0.1, -0.05) is 59.1 Å². The van der Waals surface area contributed by atoms with Crippen LogP contribution in [0.5, 0.6) is 11.5 Å². The van der Waals surface area contributed by atoms with Gasteiger partial charge in [0.25, 0.3) is 0 Å². The van der Waals surface area contributed by atoms with Crippen molar-refractivity contribution >= 4 is 23.3 Å². The number of aromatic nitrogens is 2. The fourth-order valence-corrected chi connectivity index (χ4v) is 3.17. The van der Waals surface area contributed by atoms with Gasteiger partial charge in [-0.25, -0.2) is 4.79 Å². The number of benzene rings is 3. The first-order chi connectivity index (χ1) is 14.3. The minimum absolute atomic E-state index is 0.304. The van der Waals surface area contributed by atoms with E-state index in [1.165, 1.54) is 11.5 Å². The Labute approximate surface area is 172 Å². The van der Waals surface area contributed by atoms with Crippen molar-refractivity contribution in [1.82, 2.24) is 14.9 Å². The van der Waals surface area contributed by atoms with Crippen LogP contribution in [0.2, 0.25) is 0 Å². The summed E-state index contributed by atoms with van der Waals surface area (Å²) in [5.41, 5.74) is 3.43. The first-order valence-electron chi connectivity index (χ1n) is 9.01. The van der Waals surface area contributed by atoms with Gasteiger partial charge in [0.1, 0.15) is 11.4 Å². The Hall–Kier alpha value is -3.71. The van der Waals surface area contributed by atoms with E-state index in [1.54, 1.807) is 6.07 Å². The van der Waals surface area contributed by atoms with Crippen molar-refractivity contribution in [3.8, 4) is 22.8 Å². The molecule has 1 aromatic heterocycles. The minimum Gasteiger partial charge on any atom is -0.455 e. The summed E-state index contributed by atoms with van der Waals surface area (Å²) in [6, 6.07) is 24.3. The molecule has 0 fully saturated rings. The Morgan fingerprint density at radius 3 is 2.45 bits per heavy atom.